The van der Waals surface area contributed by atoms with Crippen LogP contribution in [0.2, 0.25) is 0 Å². The van der Waals surface area contributed by atoms with Gasteiger partial charge in [-0.25, -0.2) is 4.39 Å². The third kappa shape index (κ3) is 3.81. The molecule has 1 aliphatic heterocycles. The minimum absolute atomic E-state index is 0.0244. The number of carbonyl (C=O) groups is 2. The molecule has 1 saturated heterocycles. The highest BCUT2D eigenvalue weighted by molar-refractivity contribution is 5.96. The fourth-order valence-electron chi connectivity index (χ4n) is 5.31. The molecule has 2 amide bonds. The first-order valence-corrected chi connectivity index (χ1v) is 10.9. The van der Waals surface area contributed by atoms with Gasteiger partial charge in [0.2, 0.25) is 5.91 Å². The highest BCUT2D eigenvalue weighted by Gasteiger charge is 2.45. The van der Waals surface area contributed by atoms with Gasteiger partial charge in [-0.15, -0.1) is 0 Å². The minimum atomic E-state index is -0.607. The SMILES string of the molecule is CC1CCC(N2CC(=O)N(C3CCCCC3)[C@H](c3ccc(F)cc3)C2=O)CC1. The molecule has 2 saturated carbocycles. The number of benzene rings is 1. The van der Waals surface area contributed by atoms with Crippen LogP contribution in [0, 0.1) is 11.7 Å². The van der Waals surface area contributed by atoms with Crippen molar-refractivity contribution >= 4 is 11.8 Å². The molecule has 0 N–H and O–H groups in total. The summed E-state index contributed by atoms with van der Waals surface area (Å²) in [5.74, 6) is 0.454. The third-order valence-corrected chi connectivity index (χ3v) is 6.97. The number of rotatable bonds is 3. The molecule has 0 bridgehead atoms. The monoisotopic (exact) mass is 386 g/mol. The average molecular weight is 387 g/mol. The van der Waals surface area contributed by atoms with E-state index < -0.39 is 6.04 Å². The maximum Gasteiger partial charge on any atom is 0.250 e. The zero-order chi connectivity index (χ0) is 19.7. The molecule has 5 heteroatoms. The molecular formula is C23H31FN2O2. The van der Waals surface area contributed by atoms with Crippen LogP contribution < -0.4 is 0 Å². The lowest BCUT2D eigenvalue weighted by molar-refractivity contribution is -0.162. The molecule has 0 aromatic heterocycles. The van der Waals surface area contributed by atoms with Crippen LogP contribution in [-0.4, -0.2) is 40.2 Å². The summed E-state index contributed by atoms with van der Waals surface area (Å²) in [7, 11) is 0. The quantitative estimate of drug-likeness (QED) is 0.770. The highest BCUT2D eigenvalue weighted by Crippen LogP contribution is 2.37. The van der Waals surface area contributed by atoms with Crippen LogP contribution in [-0.2, 0) is 9.59 Å². The molecule has 1 aromatic carbocycles. The second-order valence-electron chi connectivity index (χ2n) is 8.93. The molecule has 2 aliphatic carbocycles. The third-order valence-electron chi connectivity index (χ3n) is 6.97. The van der Waals surface area contributed by atoms with Crippen LogP contribution in [0.25, 0.3) is 0 Å². The van der Waals surface area contributed by atoms with Crippen molar-refractivity contribution in [2.45, 2.75) is 82.8 Å². The molecule has 3 fully saturated rings. The number of hydrogen-bond acceptors (Lipinski definition) is 2. The van der Waals surface area contributed by atoms with Crippen molar-refractivity contribution in [2.24, 2.45) is 5.92 Å². The van der Waals surface area contributed by atoms with Crippen molar-refractivity contribution in [1.29, 1.82) is 0 Å². The van der Waals surface area contributed by atoms with Crippen LogP contribution >= 0.6 is 0 Å². The Labute approximate surface area is 167 Å². The minimum Gasteiger partial charge on any atom is -0.328 e. The molecule has 1 atom stereocenters. The van der Waals surface area contributed by atoms with Crippen molar-refractivity contribution in [2.75, 3.05) is 6.54 Å². The van der Waals surface area contributed by atoms with Crippen molar-refractivity contribution in [3.8, 4) is 0 Å². The molecule has 28 heavy (non-hydrogen) atoms. The lowest BCUT2D eigenvalue weighted by Gasteiger charge is -2.48. The summed E-state index contributed by atoms with van der Waals surface area (Å²) >= 11 is 0. The molecule has 4 nitrogen and oxygen atoms in total. The Morgan fingerprint density at radius 1 is 0.857 bits per heavy atom. The van der Waals surface area contributed by atoms with E-state index in [0.29, 0.717) is 5.92 Å². The normalized spacial score (nSPS) is 30.0. The number of hydrogen-bond donors (Lipinski definition) is 0. The van der Waals surface area contributed by atoms with E-state index in [9.17, 15) is 14.0 Å². The van der Waals surface area contributed by atoms with Crippen LogP contribution in [0.4, 0.5) is 4.39 Å². The predicted octanol–water partition coefficient (Wildman–Crippen LogP) is 4.45. The Morgan fingerprint density at radius 2 is 1.50 bits per heavy atom. The van der Waals surface area contributed by atoms with E-state index in [-0.39, 0.29) is 36.3 Å². The Bertz CT molecular complexity index is 706. The number of carbonyl (C=O) groups excluding carboxylic acids is 2. The van der Waals surface area contributed by atoms with Crippen molar-refractivity contribution in [3.63, 3.8) is 0 Å². The molecule has 0 radical (unpaired) electrons. The summed E-state index contributed by atoms with van der Waals surface area (Å²) in [5.41, 5.74) is 0.735. The van der Waals surface area contributed by atoms with Gasteiger partial charge >= 0.3 is 0 Å². The molecule has 0 spiro atoms. The first kappa shape index (κ1) is 19.4. The van der Waals surface area contributed by atoms with Crippen LogP contribution in [0.1, 0.15) is 76.3 Å². The fraction of sp³-hybridized carbons (Fsp3) is 0.652. The molecular weight excluding hydrogens is 355 g/mol. The van der Waals surface area contributed by atoms with Gasteiger partial charge in [0.05, 0.1) is 0 Å². The molecule has 1 aromatic rings. The summed E-state index contributed by atoms with van der Waals surface area (Å²) in [6, 6.07) is 5.81. The molecule has 1 heterocycles. The van der Waals surface area contributed by atoms with Crippen molar-refractivity contribution in [1.82, 2.24) is 9.80 Å². The van der Waals surface area contributed by atoms with Crippen LogP contribution in [0.5, 0.6) is 0 Å². The first-order valence-electron chi connectivity index (χ1n) is 10.9. The molecule has 4 rings (SSSR count). The van der Waals surface area contributed by atoms with Gasteiger partial charge in [0.15, 0.2) is 0 Å². The average Bonchev–Trinajstić information content (AvgIpc) is 2.71. The predicted molar refractivity (Wildman–Crippen MR) is 106 cm³/mol. The van der Waals surface area contributed by atoms with Gasteiger partial charge in [0.25, 0.3) is 5.91 Å². The van der Waals surface area contributed by atoms with Gasteiger partial charge in [-0.05, 0) is 62.1 Å². The molecule has 0 unspecified atom stereocenters. The summed E-state index contributed by atoms with van der Waals surface area (Å²) < 4.78 is 13.5. The van der Waals surface area contributed by atoms with Crippen LogP contribution in [0.3, 0.4) is 0 Å². The summed E-state index contributed by atoms with van der Waals surface area (Å²) in [6.45, 7) is 2.46. The second-order valence-corrected chi connectivity index (χ2v) is 8.93. The highest BCUT2D eigenvalue weighted by atomic mass is 19.1. The number of halogens is 1. The van der Waals surface area contributed by atoms with Crippen molar-refractivity contribution < 1.29 is 14.0 Å². The molecule has 152 valence electrons. The van der Waals surface area contributed by atoms with Gasteiger partial charge in [-0.1, -0.05) is 38.3 Å². The van der Waals surface area contributed by atoms with E-state index >= 15 is 0 Å². The topological polar surface area (TPSA) is 40.6 Å². The standard InChI is InChI=1S/C23H31FN2O2/c1-16-7-13-19(14-8-16)25-15-21(27)26(20-5-3-2-4-6-20)22(23(25)28)17-9-11-18(24)12-10-17/h9-12,16,19-20,22H,2-8,13-15H2,1H3/t16?,19?,22-/m1/s1. The number of nitrogens with zero attached hydrogens (tertiary/aromatic N) is 2. The maximum absolute atomic E-state index is 13.6. The van der Waals surface area contributed by atoms with Gasteiger partial charge in [-0.3, -0.25) is 9.59 Å². The fourth-order valence-corrected chi connectivity index (χ4v) is 5.31. The van der Waals surface area contributed by atoms with E-state index in [1.54, 1.807) is 12.1 Å². The van der Waals surface area contributed by atoms with Gasteiger partial charge in [0.1, 0.15) is 18.4 Å². The van der Waals surface area contributed by atoms with Gasteiger partial charge in [0, 0.05) is 12.1 Å². The lowest BCUT2D eigenvalue weighted by atomic mass is 9.85. The first-order chi connectivity index (χ1) is 13.5. The largest absolute Gasteiger partial charge is 0.328 e. The summed E-state index contributed by atoms with van der Waals surface area (Å²) in [6.07, 6.45) is 9.47. The lowest BCUT2D eigenvalue weighted by Crippen LogP contribution is -2.61. The van der Waals surface area contributed by atoms with Gasteiger partial charge in [-0.2, -0.15) is 0 Å². The Hall–Kier alpha value is -1.91. The van der Waals surface area contributed by atoms with Crippen molar-refractivity contribution in [3.05, 3.63) is 35.6 Å². The van der Waals surface area contributed by atoms with Crippen LogP contribution in [0.15, 0.2) is 24.3 Å². The zero-order valence-electron chi connectivity index (χ0n) is 16.8. The number of amides is 2. The Kier molecular flexibility index (Phi) is 5.70. The van der Waals surface area contributed by atoms with E-state index in [0.717, 1.165) is 56.9 Å². The smallest absolute Gasteiger partial charge is 0.250 e. The second kappa shape index (κ2) is 8.22. The van der Waals surface area contributed by atoms with Gasteiger partial charge < -0.3 is 9.80 Å². The molecule has 3 aliphatic rings. The van der Waals surface area contributed by atoms with E-state index in [4.69, 9.17) is 0 Å². The summed E-state index contributed by atoms with van der Waals surface area (Å²) in [4.78, 5) is 30.6. The van der Waals surface area contributed by atoms with E-state index in [1.807, 2.05) is 9.80 Å². The summed E-state index contributed by atoms with van der Waals surface area (Å²) in [5, 5.41) is 0. The van der Waals surface area contributed by atoms with E-state index in [1.165, 1.54) is 18.6 Å². The Balaban J connectivity index is 1.64. The maximum atomic E-state index is 13.6. The Morgan fingerprint density at radius 3 is 2.14 bits per heavy atom. The number of piperazine rings is 1. The zero-order valence-corrected chi connectivity index (χ0v) is 16.8. The van der Waals surface area contributed by atoms with E-state index in [2.05, 4.69) is 6.92 Å².